The number of imide groups is 1. The number of carboxylic acid groups (broad SMARTS) is 1. The Kier molecular flexibility index (Phi) is 8.22. The average molecular weight is 473 g/mol. The number of benzene rings is 2. The van der Waals surface area contributed by atoms with Crippen molar-refractivity contribution in [3.63, 3.8) is 0 Å². The van der Waals surface area contributed by atoms with Crippen LogP contribution in [0.5, 0.6) is 0 Å². The SMILES string of the molecule is CC(C)CC(C(=O)O)N1C(=O)N(Cc2ccccc2)[C@@](C)(c2ccc(C=NN)cc2)C1=O.Cl. The van der Waals surface area contributed by atoms with E-state index in [0.29, 0.717) is 5.56 Å². The Balaban J connectivity index is 0.00000385. The molecule has 2 aromatic carbocycles. The number of halogens is 1. The van der Waals surface area contributed by atoms with Crippen LogP contribution in [0.2, 0.25) is 0 Å². The van der Waals surface area contributed by atoms with Gasteiger partial charge in [0.2, 0.25) is 0 Å². The smallest absolute Gasteiger partial charge is 0.329 e. The van der Waals surface area contributed by atoms with Gasteiger partial charge in [0.25, 0.3) is 5.91 Å². The van der Waals surface area contributed by atoms with Crippen LogP contribution in [-0.2, 0) is 21.7 Å². The lowest BCUT2D eigenvalue weighted by Crippen LogP contribution is -2.47. The lowest BCUT2D eigenvalue weighted by atomic mass is 9.89. The van der Waals surface area contributed by atoms with Gasteiger partial charge < -0.3 is 15.8 Å². The number of urea groups is 1. The van der Waals surface area contributed by atoms with Gasteiger partial charge in [0.05, 0.1) is 6.21 Å². The van der Waals surface area contributed by atoms with Crippen LogP contribution in [0.1, 0.15) is 43.9 Å². The normalized spacial score (nSPS) is 19.3. The van der Waals surface area contributed by atoms with Crippen molar-refractivity contribution in [1.82, 2.24) is 9.80 Å². The predicted molar refractivity (Wildman–Crippen MR) is 128 cm³/mol. The van der Waals surface area contributed by atoms with Crippen LogP contribution in [0.4, 0.5) is 4.79 Å². The van der Waals surface area contributed by atoms with Gasteiger partial charge in [-0.2, -0.15) is 5.10 Å². The van der Waals surface area contributed by atoms with Gasteiger partial charge in [-0.25, -0.2) is 14.5 Å². The van der Waals surface area contributed by atoms with Crippen molar-refractivity contribution >= 4 is 36.5 Å². The van der Waals surface area contributed by atoms with Crippen molar-refractivity contribution in [3.05, 3.63) is 71.3 Å². The second-order valence-electron chi connectivity index (χ2n) is 8.49. The maximum absolute atomic E-state index is 13.7. The van der Waals surface area contributed by atoms with Crippen molar-refractivity contribution in [2.24, 2.45) is 16.9 Å². The fourth-order valence-corrected chi connectivity index (χ4v) is 4.05. The molecule has 1 fully saturated rings. The first kappa shape index (κ1) is 25.9. The van der Waals surface area contributed by atoms with Gasteiger partial charge in [0, 0.05) is 6.54 Å². The molecule has 9 heteroatoms. The molecule has 0 bridgehead atoms. The zero-order valence-electron chi connectivity index (χ0n) is 18.8. The molecule has 0 aliphatic carbocycles. The van der Waals surface area contributed by atoms with Crippen molar-refractivity contribution in [2.75, 3.05) is 0 Å². The minimum Gasteiger partial charge on any atom is -0.480 e. The fourth-order valence-electron chi connectivity index (χ4n) is 4.05. The second-order valence-corrected chi connectivity index (χ2v) is 8.49. The molecule has 0 spiro atoms. The number of nitrogens with zero attached hydrogens (tertiary/aromatic N) is 3. The predicted octanol–water partition coefficient (Wildman–Crippen LogP) is 3.58. The van der Waals surface area contributed by atoms with E-state index in [9.17, 15) is 19.5 Å². The number of hydrogen-bond acceptors (Lipinski definition) is 5. The summed E-state index contributed by atoms with van der Waals surface area (Å²) >= 11 is 0. The molecule has 0 radical (unpaired) electrons. The average Bonchev–Trinajstić information content (AvgIpc) is 2.94. The summed E-state index contributed by atoms with van der Waals surface area (Å²) in [4.78, 5) is 41.7. The molecule has 1 unspecified atom stereocenters. The molecule has 0 saturated carbocycles. The van der Waals surface area contributed by atoms with Gasteiger partial charge in [0.1, 0.15) is 11.6 Å². The molecule has 8 nitrogen and oxygen atoms in total. The minimum absolute atomic E-state index is 0. The van der Waals surface area contributed by atoms with Crippen LogP contribution in [0.25, 0.3) is 0 Å². The summed E-state index contributed by atoms with van der Waals surface area (Å²) in [7, 11) is 0. The van der Waals surface area contributed by atoms with Crippen molar-refractivity contribution in [3.8, 4) is 0 Å². The molecule has 2 aromatic rings. The molecule has 0 aromatic heterocycles. The monoisotopic (exact) mass is 472 g/mol. The van der Waals surface area contributed by atoms with Crippen LogP contribution < -0.4 is 5.84 Å². The fraction of sp³-hybridized carbons (Fsp3) is 0.333. The molecule has 1 aliphatic rings. The number of carbonyl (C=O) groups is 3. The lowest BCUT2D eigenvalue weighted by molar-refractivity contribution is -0.148. The Hall–Kier alpha value is -3.39. The number of hydrogen-bond donors (Lipinski definition) is 2. The number of amides is 3. The van der Waals surface area contributed by atoms with E-state index in [4.69, 9.17) is 5.84 Å². The summed E-state index contributed by atoms with van der Waals surface area (Å²) in [5.74, 6) is 3.46. The number of rotatable bonds is 8. The molecular formula is C24H29ClN4O4. The first-order valence-corrected chi connectivity index (χ1v) is 10.5. The van der Waals surface area contributed by atoms with E-state index in [0.717, 1.165) is 16.0 Å². The summed E-state index contributed by atoms with van der Waals surface area (Å²) < 4.78 is 0. The third-order valence-electron chi connectivity index (χ3n) is 5.78. The van der Waals surface area contributed by atoms with Gasteiger partial charge in [-0.3, -0.25) is 4.79 Å². The summed E-state index contributed by atoms with van der Waals surface area (Å²) in [6.45, 7) is 5.55. The number of carbonyl (C=O) groups excluding carboxylic acids is 2. The van der Waals surface area contributed by atoms with Gasteiger partial charge >= 0.3 is 12.0 Å². The van der Waals surface area contributed by atoms with Crippen LogP contribution in [0.15, 0.2) is 59.7 Å². The Morgan fingerprint density at radius 2 is 1.73 bits per heavy atom. The van der Waals surface area contributed by atoms with Crippen molar-refractivity contribution < 1.29 is 19.5 Å². The highest BCUT2D eigenvalue weighted by Gasteiger charge is 2.58. The molecule has 176 valence electrons. The zero-order chi connectivity index (χ0) is 23.5. The van der Waals surface area contributed by atoms with Gasteiger partial charge in [-0.15, -0.1) is 12.4 Å². The van der Waals surface area contributed by atoms with Crippen LogP contribution in [0.3, 0.4) is 0 Å². The van der Waals surface area contributed by atoms with Crippen LogP contribution >= 0.6 is 12.4 Å². The summed E-state index contributed by atoms with van der Waals surface area (Å²) in [6.07, 6.45) is 1.65. The maximum atomic E-state index is 13.7. The molecule has 3 N–H and O–H groups in total. The summed E-state index contributed by atoms with van der Waals surface area (Å²) in [5.41, 5.74) is 0.795. The summed E-state index contributed by atoms with van der Waals surface area (Å²) in [6, 6.07) is 14.4. The van der Waals surface area contributed by atoms with E-state index in [1.807, 2.05) is 44.2 Å². The zero-order valence-corrected chi connectivity index (χ0v) is 19.7. The van der Waals surface area contributed by atoms with Crippen molar-refractivity contribution in [2.45, 2.75) is 45.3 Å². The van der Waals surface area contributed by atoms with E-state index in [1.165, 1.54) is 11.1 Å². The van der Waals surface area contributed by atoms with Crippen LogP contribution in [-0.4, -0.2) is 45.1 Å². The van der Waals surface area contributed by atoms with E-state index in [1.54, 1.807) is 31.2 Å². The van der Waals surface area contributed by atoms with E-state index in [2.05, 4.69) is 5.10 Å². The van der Waals surface area contributed by atoms with E-state index >= 15 is 0 Å². The van der Waals surface area contributed by atoms with Gasteiger partial charge in [-0.1, -0.05) is 68.4 Å². The molecule has 33 heavy (non-hydrogen) atoms. The first-order chi connectivity index (χ1) is 15.2. The molecule has 1 heterocycles. The molecular weight excluding hydrogens is 444 g/mol. The third kappa shape index (κ3) is 5.01. The highest BCUT2D eigenvalue weighted by Crippen LogP contribution is 2.40. The molecule has 2 atom stereocenters. The van der Waals surface area contributed by atoms with Crippen LogP contribution in [0, 0.1) is 5.92 Å². The van der Waals surface area contributed by atoms with Crippen molar-refractivity contribution in [1.29, 1.82) is 0 Å². The number of aliphatic carboxylic acids is 1. The Labute approximate surface area is 199 Å². The third-order valence-corrected chi connectivity index (χ3v) is 5.78. The van der Waals surface area contributed by atoms with E-state index < -0.39 is 29.5 Å². The highest BCUT2D eigenvalue weighted by atomic mass is 35.5. The molecule has 1 aliphatic heterocycles. The standard InChI is InChI=1S/C24H28N4O4.ClH/c1-16(2)13-20(21(29)30)28-22(31)24(3,19-11-9-17(10-12-19)14-26-25)27(23(28)32)15-18-7-5-4-6-8-18;/h4-12,14,16,20H,13,15,25H2,1-3H3,(H,29,30);1H/t20?,24-;/m0./s1. The highest BCUT2D eigenvalue weighted by molar-refractivity contribution is 6.09. The number of nitrogens with two attached hydrogens (primary N) is 1. The maximum Gasteiger partial charge on any atom is 0.329 e. The number of hydrazone groups is 1. The second kappa shape index (κ2) is 10.5. The quantitative estimate of drug-likeness (QED) is 0.263. The summed E-state index contributed by atoms with van der Waals surface area (Å²) in [5, 5.41) is 13.3. The minimum atomic E-state index is -1.37. The topological polar surface area (TPSA) is 116 Å². The molecule has 3 rings (SSSR count). The Morgan fingerprint density at radius 3 is 2.24 bits per heavy atom. The largest absolute Gasteiger partial charge is 0.480 e. The lowest BCUT2D eigenvalue weighted by Gasteiger charge is -2.32. The van der Waals surface area contributed by atoms with Gasteiger partial charge in [0.15, 0.2) is 0 Å². The first-order valence-electron chi connectivity index (χ1n) is 10.5. The molecule has 3 amide bonds. The van der Waals surface area contributed by atoms with Gasteiger partial charge in [-0.05, 0) is 36.0 Å². The molecule has 1 saturated heterocycles. The van der Waals surface area contributed by atoms with E-state index in [-0.39, 0.29) is 31.3 Å². The Bertz CT molecular complexity index is 1030. The Morgan fingerprint density at radius 1 is 1.12 bits per heavy atom. The number of carboxylic acids is 1.